The molecule has 54 heavy (non-hydrogen) atoms. The van der Waals surface area contributed by atoms with Crippen molar-refractivity contribution in [1.82, 2.24) is 10.2 Å². The van der Waals surface area contributed by atoms with Crippen molar-refractivity contribution in [1.29, 1.82) is 0 Å². The summed E-state index contributed by atoms with van der Waals surface area (Å²) in [5, 5.41) is 19.7. The van der Waals surface area contributed by atoms with Crippen molar-refractivity contribution in [3.63, 3.8) is 0 Å². The van der Waals surface area contributed by atoms with Crippen LogP contribution in [0.15, 0.2) is 39.8 Å². The summed E-state index contributed by atoms with van der Waals surface area (Å²) in [5.41, 5.74) is 1.42. The molecule has 0 spiro atoms. The number of ether oxygens (including phenoxy) is 1. The second kappa shape index (κ2) is 13.0. The minimum absolute atomic E-state index is 0.0250. The van der Waals surface area contributed by atoms with Crippen molar-refractivity contribution in [3.05, 3.63) is 57.8 Å². The first kappa shape index (κ1) is 39.2. The molecule has 2 unspecified atom stereocenters. The highest BCUT2D eigenvalue weighted by Crippen LogP contribution is 2.76. The van der Waals surface area contributed by atoms with E-state index in [1.54, 1.807) is 13.8 Å². The number of allylic oxidation sites excluding steroid dienone is 2. The van der Waals surface area contributed by atoms with Gasteiger partial charge in [0, 0.05) is 16.9 Å². The van der Waals surface area contributed by atoms with Crippen LogP contribution in [0.5, 0.6) is 0 Å². The molecule has 294 valence electrons. The quantitative estimate of drug-likeness (QED) is 0.264. The number of carbonyl (C=O) groups is 3. The number of aromatic nitrogens is 2. The molecule has 0 aliphatic heterocycles. The van der Waals surface area contributed by atoms with E-state index >= 15 is 0 Å². The Kier molecular flexibility index (Phi) is 9.47. The van der Waals surface area contributed by atoms with Crippen LogP contribution in [0.4, 0.5) is 0 Å². The van der Waals surface area contributed by atoms with Gasteiger partial charge in [0.15, 0.2) is 5.78 Å². The summed E-state index contributed by atoms with van der Waals surface area (Å²) in [7, 11) is 0. The molecule has 0 bridgehead atoms. The van der Waals surface area contributed by atoms with Gasteiger partial charge >= 0.3 is 11.9 Å². The molecule has 9 atom stereocenters. The van der Waals surface area contributed by atoms with E-state index in [0.29, 0.717) is 35.1 Å². The van der Waals surface area contributed by atoms with Gasteiger partial charge in [-0.1, -0.05) is 72.2 Å². The fraction of sp³-hybridized carbons (Fsp3) is 0.711. The predicted molar refractivity (Wildman–Crippen MR) is 208 cm³/mol. The third-order valence-corrected chi connectivity index (χ3v) is 16.7. The highest BCUT2D eigenvalue weighted by Gasteiger charge is 2.71. The molecule has 0 amide bonds. The van der Waals surface area contributed by atoms with Gasteiger partial charge in [-0.05, 0) is 141 Å². The number of rotatable bonds is 8. The van der Waals surface area contributed by atoms with E-state index in [0.717, 1.165) is 62.5 Å². The number of nitrogens with zero attached hydrogens (tertiary/aromatic N) is 2. The molecular weight excluding hydrogens is 700 g/mol. The van der Waals surface area contributed by atoms with E-state index < -0.39 is 22.8 Å². The van der Waals surface area contributed by atoms with Crippen molar-refractivity contribution < 1.29 is 28.6 Å². The van der Waals surface area contributed by atoms with Gasteiger partial charge < -0.3 is 14.3 Å². The Bertz CT molecular complexity index is 1880. The lowest BCUT2D eigenvalue weighted by atomic mass is 9.33. The number of aliphatic carboxylic acids is 1. The second-order valence-corrected chi connectivity index (χ2v) is 20.6. The second-order valence-electron chi connectivity index (χ2n) is 20.2. The number of carboxylic acid groups (broad SMARTS) is 1. The molecular formula is C45H61ClN2O6. The van der Waals surface area contributed by atoms with E-state index in [2.05, 4.69) is 60.5 Å². The molecule has 1 aromatic carbocycles. The fourth-order valence-corrected chi connectivity index (χ4v) is 13.3. The number of benzene rings is 1. The predicted octanol–water partition coefficient (Wildman–Crippen LogP) is 10.5. The molecule has 0 saturated heterocycles. The van der Waals surface area contributed by atoms with Crippen molar-refractivity contribution >= 4 is 29.3 Å². The van der Waals surface area contributed by atoms with Crippen LogP contribution in [0.1, 0.15) is 157 Å². The summed E-state index contributed by atoms with van der Waals surface area (Å²) < 4.78 is 12.9. The number of halogens is 1. The average molecular weight is 761 g/mol. The van der Waals surface area contributed by atoms with Gasteiger partial charge in [-0.3, -0.25) is 14.4 Å². The number of esters is 1. The molecule has 1 heterocycles. The number of fused-ring (bicyclic) bond motifs is 7. The summed E-state index contributed by atoms with van der Waals surface area (Å²) in [6.45, 7) is 21.7. The van der Waals surface area contributed by atoms with Crippen molar-refractivity contribution in [2.45, 2.75) is 151 Å². The van der Waals surface area contributed by atoms with Crippen molar-refractivity contribution in [3.8, 4) is 0 Å². The van der Waals surface area contributed by atoms with E-state index in [1.807, 2.05) is 24.3 Å². The molecule has 2 aromatic rings. The molecule has 1 aromatic heterocycles. The fourth-order valence-electron chi connectivity index (χ4n) is 13.2. The number of hydrogen-bond donors (Lipinski definition) is 1. The summed E-state index contributed by atoms with van der Waals surface area (Å²) in [5.74, 6) is 1.07. The van der Waals surface area contributed by atoms with Gasteiger partial charge in [0.2, 0.25) is 11.8 Å². The lowest BCUT2D eigenvalue weighted by Crippen LogP contribution is -2.66. The highest BCUT2D eigenvalue weighted by atomic mass is 35.5. The number of Topliss-reactive ketones (excluding diaryl/α,β-unsaturated/α-hetero) is 1. The Hall–Kier alpha value is -3.00. The zero-order chi connectivity index (χ0) is 39.4. The van der Waals surface area contributed by atoms with E-state index in [9.17, 15) is 19.5 Å². The van der Waals surface area contributed by atoms with Crippen LogP contribution in [0.3, 0.4) is 0 Å². The first-order chi connectivity index (χ1) is 25.1. The summed E-state index contributed by atoms with van der Waals surface area (Å²) >= 11 is 6.18. The largest absolute Gasteiger partial charge is 0.481 e. The zero-order valence-electron chi connectivity index (χ0n) is 34.1. The van der Waals surface area contributed by atoms with Crippen molar-refractivity contribution in [2.24, 2.45) is 50.7 Å². The third-order valence-electron chi connectivity index (χ3n) is 16.4. The van der Waals surface area contributed by atoms with Gasteiger partial charge in [-0.2, -0.15) is 0 Å². The molecule has 7 rings (SSSR count). The number of carboxylic acids is 1. The molecule has 1 N–H and O–H groups in total. The minimum Gasteiger partial charge on any atom is -0.481 e. The first-order valence-electron chi connectivity index (χ1n) is 20.4. The summed E-state index contributed by atoms with van der Waals surface area (Å²) in [4.78, 5) is 39.1. The molecule has 0 radical (unpaired) electrons. The SMILES string of the molecule is CC(C)C1=C2[C@H]3CCC4[C@@]5(C)CC[C@H](OC(=O)CC(C)(C)C(=O)O)C(C)(C)C5CC[C@@]4(C)[C@]3(C)CC[C@@]2(c2nnc([C@@H](C)c3ccc(Cl)cc3)o2)CC1=O. The number of carbonyl (C=O) groups excluding carboxylic acids is 2. The van der Waals surface area contributed by atoms with Gasteiger partial charge in [0.1, 0.15) is 6.10 Å². The molecule has 4 fully saturated rings. The van der Waals surface area contributed by atoms with Crippen LogP contribution in [0.25, 0.3) is 0 Å². The molecule has 4 saturated carbocycles. The van der Waals surface area contributed by atoms with Crippen LogP contribution in [0, 0.1) is 50.7 Å². The summed E-state index contributed by atoms with van der Waals surface area (Å²) in [6.07, 6.45) is 7.79. The standard InChI is InChI=1S/C45H61ClN2O6/c1-25(2)35-30(49)23-45(38-48-47-37(54-38)26(3)27-11-13-28(46)14-12-27)22-21-43(9)29(36(35)45)15-16-32-42(8)19-18-33(53-34(50)24-40(4,5)39(51)52)41(6,7)31(42)17-20-44(32,43)10/h11-14,25-26,29,31-33H,15-24H2,1-10H3,(H,51,52)/t26-,29+,31?,32?,33-,42-,43+,44+,45+/m0/s1. The normalized spacial score (nSPS) is 36.6. The maximum atomic E-state index is 14.2. The monoisotopic (exact) mass is 760 g/mol. The van der Waals surface area contributed by atoms with Gasteiger partial charge in [0.25, 0.3) is 0 Å². The maximum absolute atomic E-state index is 14.2. The van der Waals surface area contributed by atoms with E-state index in [4.69, 9.17) is 25.9 Å². The topological polar surface area (TPSA) is 120 Å². The van der Waals surface area contributed by atoms with E-state index in [1.165, 1.54) is 5.57 Å². The van der Waals surface area contributed by atoms with Gasteiger partial charge in [0.05, 0.1) is 23.2 Å². The Morgan fingerprint density at radius 3 is 2.26 bits per heavy atom. The van der Waals surface area contributed by atoms with Crippen LogP contribution in [-0.4, -0.2) is 39.1 Å². The molecule has 5 aliphatic rings. The first-order valence-corrected chi connectivity index (χ1v) is 20.8. The Morgan fingerprint density at radius 2 is 1.61 bits per heavy atom. The Labute approximate surface area is 326 Å². The average Bonchev–Trinajstić information content (AvgIpc) is 3.70. The highest BCUT2D eigenvalue weighted by molar-refractivity contribution is 6.30. The molecule has 8 nitrogen and oxygen atoms in total. The van der Waals surface area contributed by atoms with E-state index in [-0.39, 0.29) is 57.7 Å². The minimum atomic E-state index is -1.17. The maximum Gasteiger partial charge on any atom is 0.309 e. The summed E-state index contributed by atoms with van der Waals surface area (Å²) in [6, 6.07) is 7.77. The van der Waals surface area contributed by atoms with Crippen LogP contribution < -0.4 is 0 Å². The number of ketones is 1. The van der Waals surface area contributed by atoms with Crippen LogP contribution >= 0.6 is 11.6 Å². The van der Waals surface area contributed by atoms with Crippen molar-refractivity contribution in [2.75, 3.05) is 0 Å². The number of hydrogen-bond acceptors (Lipinski definition) is 7. The lowest BCUT2D eigenvalue weighted by molar-refractivity contribution is -0.232. The zero-order valence-corrected chi connectivity index (χ0v) is 34.9. The molecule has 9 heteroatoms. The van der Waals surface area contributed by atoms with Crippen LogP contribution in [0.2, 0.25) is 5.02 Å². The van der Waals surface area contributed by atoms with Gasteiger partial charge in [-0.25, -0.2) is 0 Å². The van der Waals surface area contributed by atoms with Crippen LogP contribution in [-0.2, 0) is 24.5 Å². The Balaban J connectivity index is 1.20. The smallest absolute Gasteiger partial charge is 0.309 e. The van der Waals surface area contributed by atoms with Gasteiger partial charge in [-0.15, -0.1) is 10.2 Å². The third kappa shape index (κ3) is 5.68. The lowest BCUT2D eigenvalue weighted by Gasteiger charge is -2.72. The molecule has 5 aliphatic carbocycles. The Morgan fingerprint density at radius 1 is 0.926 bits per heavy atom.